The van der Waals surface area contributed by atoms with Gasteiger partial charge in [-0.1, -0.05) is 70.2 Å². The second kappa shape index (κ2) is 61.3. The molecule has 2 aromatic carbocycles. The smallest absolute Gasteiger partial charge is 0.326 e. The van der Waals surface area contributed by atoms with Crippen molar-refractivity contribution in [1.82, 2.24) is 106 Å². The van der Waals surface area contributed by atoms with Crippen molar-refractivity contribution in [1.29, 1.82) is 10.8 Å². The lowest BCUT2D eigenvalue weighted by atomic mass is 10.0. The highest BCUT2D eigenvalue weighted by molar-refractivity contribution is 7.80. The highest BCUT2D eigenvalue weighted by Gasteiger charge is 2.39. The van der Waals surface area contributed by atoms with E-state index in [0.29, 0.717) is 5.56 Å². The van der Waals surface area contributed by atoms with Gasteiger partial charge in [-0.05, 0) is 74.1 Å². The molecule has 134 heavy (non-hydrogen) atoms. The monoisotopic (exact) mass is 1940 g/mol. The highest BCUT2D eigenvalue weighted by atomic mass is 32.1. The number of aliphatic hydroxyl groups is 6. The molecule has 0 unspecified atom stereocenters. The Balaban J connectivity index is 2.32. The van der Waals surface area contributed by atoms with Crippen LogP contribution in [0.15, 0.2) is 54.6 Å². The number of hydrogen-bond acceptors (Lipinski definition) is 32. The second-order valence-electron chi connectivity index (χ2n) is 30.8. The van der Waals surface area contributed by atoms with Crippen LogP contribution in [0.25, 0.3) is 0 Å². The minimum atomic E-state index is -2.08. The van der Waals surface area contributed by atoms with E-state index in [4.69, 9.17) is 33.8 Å². The minimum absolute atomic E-state index is 0.00514. The van der Waals surface area contributed by atoms with Crippen LogP contribution in [0.3, 0.4) is 0 Å². The number of nitrogens with two attached hydrogens (primary N) is 4. The van der Waals surface area contributed by atoms with Gasteiger partial charge in [-0.15, -0.1) is 0 Å². The van der Waals surface area contributed by atoms with Crippen molar-refractivity contribution in [3.63, 3.8) is 0 Å². The summed E-state index contributed by atoms with van der Waals surface area (Å²) >= 11 is 8.05. The number of carboxylic acids is 1. The first kappa shape index (κ1) is 117. The number of hydrogen-bond donors (Lipinski definition) is 36. The number of benzene rings is 2. The molecule has 0 bridgehead atoms. The fourth-order valence-electron chi connectivity index (χ4n) is 11.8. The molecule has 38 N–H and O–H groups in total. The molecule has 0 saturated heterocycles. The van der Waals surface area contributed by atoms with Crippen molar-refractivity contribution in [2.45, 2.75) is 183 Å². The number of carbonyl (C=O) groups is 20. The number of guanidine groups is 2. The molecule has 2 aromatic rings. The number of aliphatic hydroxyl groups excluding tert-OH is 6. The zero-order valence-electron chi connectivity index (χ0n) is 73.9. The maximum atomic E-state index is 14.4. The SMILES string of the molecule is CC(C)C[C@H](NC(=O)CNC(=O)[C@H](CO)NC(=O)[C@H](CO)NC(=O)[C@H](CO)NC(=O)[C@H](C)NC(=O)[C@H](Cc1ccccc1)NC(=O)[C@H](CO)NC(=O)[C@H](CO)NC(=O)[C@H](CCCNC(=N)N)NC(=O)[C@H](CC(N)=O)NC(=O)[C@H](Cc1ccc(O)cc1)NC(=O)[C@H](CO)NC(=O)CNC(=O)[C@H](CS)NC(=O)CNC(=O)[C@H](CCCNC(=N)N)NC(=O)[C@@H](N)CS)C(=O)N[C@H](C(=O)O)C(C)C. The van der Waals surface area contributed by atoms with E-state index in [0.717, 1.165) is 6.92 Å². The van der Waals surface area contributed by atoms with Crippen molar-refractivity contribution < 1.29 is 137 Å². The second-order valence-corrected chi connectivity index (χ2v) is 31.5. The van der Waals surface area contributed by atoms with Gasteiger partial charge >= 0.3 is 5.97 Å². The Kier molecular flexibility index (Phi) is 53.4. The average Bonchev–Trinajstić information content (AvgIpc) is 0.762. The molecular formula is C78H124N26O28S2. The normalized spacial score (nSPS) is 14.5. The van der Waals surface area contributed by atoms with Gasteiger partial charge in [0, 0.05) is 37.4 Å². The van der Waals surface area contributed by atoms with Crippen LogP contribution in [0, 0.1) is 22.7 Å². The van der Waals surface area contributed by atoms with Crippen LogP contribution < -0.4 is 129 Å². The summed E-state index contributed by atoms with van der Waals surface area (Å²) in [5, 5.41) is 142. The Bertz CT molecular complexity index is 4360. The first-order valence-corrected chi connectivity index (χ1v) is 42.9. The number of primary amides is 1. The Morgan fingerprint density at radius 2 is 0.664 bits per heavy atom. The van der Waals surface area contributed by atoms with Gasteiger partial charge in [0.2, 0.25) is 112 Å². The van der Waals surface area contributed by atoms with E-state index in [9.17, 15) is 137 Å². The molecule has 0 heterocycles. The Morgan fingerprint density at radius 3 is 1.05 bits per heavy atom. The molecule has 0 fully saturated rings. The van der Waals surface area contributed by atoms with Gasteiger partial charge in [-0.3, -0.25) is 102 Å². The Hall–Kier alpha value is -13.4. The van der Waals surface area contributed by atoms with Crippen LogP contribution in [0.1, 0.15) is 84.3 Å². The molecule has 0 aliphatic rings. The van der Waals surface area contributed by atoms with Crippen LogP contribution in [0.4, 0.5) is 0 Å². The molecule has 0 aliphatic heterocycles. The molecule has 746 valence electrons. The molecule has 19 amide bonds. The molecule has 56 heteroatoms. The summed E-state index contributed by atoms with van der Waals surface area (Å²) in [4.78, 5) is 268. The number of aromatic hydroxyl groups is 1. The summed E-state index contributed by atoms with van der Waals surface area (Å²) in [7, 11) is 0. The van der Waals surface area contributed by atoms with E-state index < -0.39 is 305 Å². The van der Waals surface area contributed by atoms with Crippen molar-refractivity contribution >= 4 is 155 Å². The van der Waals surface area contributed by atoms with Crippen LogP contribution in [0.5, 0.6) is 5.75 Å². The van der Waals surface area contributed by atoms with Crippen molar-refractivity contribution in [2.24, 2.45) is 34.8 Å². The molecule has 0 saturated carbocycles. The predicted octanol–water partition coefficient (Wildman–Crippen LogP) is -15.9. The first-order valence-electron chi connectivity index (χ1n) is 41.7. The number of amides is 19. The molecule has 0 aromatic heterocycles. The summed E-state index contributed by atoms with van der Waals surface area (Å²) in [6, 6.07) is -14.6. The number of carboxylic acid groups (broad SMARTS) is 1. The van der Waals surface area contributed by atoms with E-state index in [1.807, 2.05) is 5.32 Å². The van der Waals surface area contributed by atoms with E-state index in [1.54, 1.807) is 45.9 Å². The maximum Gasteiger partial charge on any atom is 0.326 e. The molecule has 0 spiro atoms. The molecule has 0 aliphatic carbocycles. The van der Waals surface area contributed by atoms with Gasteiger partial charge in [0.25, 0.3) is 0 Å². The molecule has 2 rings (SSSR count). The van der Waals surface area contributed by atoms with Gasteiger partial charge in [0.1, 0.15) is 96.4 Å². The highest BCUT2D eigenvalue weighted by Crippen LogP contribution is 2.15. The number of phenols is 1. The third-order valence-corrected chi connectivity index (χ3v) is 19.8. The van der Waals surface area contributed by atoms with E-state index in [2.05, 4.69) is 126 Å². The fraction of sp³-hybridized carbons (Fsp3) is 0.564. The number of thiol groups is 2. The zero-order valence-corrected chi connectivity index (χ0v) is 75.7. The Labute approximate surface area is 778 Å². The topological polar surface area (TPSA) is 896 Å². The van der Waals surface area contributed by atoms with E-state index in [1.165, 1.54) is 36.4 Å². The third-order valence-electron chi connectivity index (χ3n) is 19.1. The summed E-state index contributed by atoms with van der Waals surface area (Å²) in [6.45, 7) is -2.18. The van der Waals surface area contributed by atoms with Crippen molar-refractivity contribution in [3.05, 3.63) is 65.7 Å². The van der Waals surface area contributed by atoms with Crippen molar-refractivity contribution in [2.75, 3.05) is 83.9 Å². The lowest BCUT2D eigenvalue weighted by Crippen LogP contribution is -2.62. The quantitative estimate of drug-likeness (QED) is 0.0127. The third kappa shape index (κ3) is 43.8. The largest absolute Gasteiger partial charge is 0.508 e. The molecule has 0 radical (unpaired) electrons. The average molecular weight is 1940 g/mol. The summed E-state index contributed by atoms with van der Waals surface area (Å²) < 4.78 is 0. The molecular weight excluding hydrogens is 1810 g/mol. The van der Waals surface area contributed by atoms with Gasteiger partial charge in [0.05, 0.1) is 71.7 Å². The summed E-state index contributed by atoms with van der Waals surface area (Å²) in [5.74, 6) is -25.5. The van der Waals surface area contributed by atoms with Crippen LogP contribution >= 0.6 is 25.3 Å². The van der Waals surface area contributed by atoms with E-state index >= 15 is 0 Å². The standard InChI is InChI=1S/C78H124N26O28S2/c1-36(2)21-45(70(125)104-60(37(3)4)76(131)132)91-57(113)25-88-64(119)49(28-105)100-74(129)54(33-110)103-73(128)51(30-107)99-61(116)38(5)90-67(122)46(22-39-11-7-6-8-12-39)96-72(127)52(31-108)102-75(130)53(32-109)101-66(121)44(14-10-20-86-78(83)84)95-69(124)48(24-56(80)112)98-68(123)47(23-40-15-17-41(111)18-16-40)97-71(126)50(29-106)92-58(114)26-89-65(120)55(35-134)93-59(115)27-87-63(118)43(13-9-19-85-77(81)82)94-62(117)42(79)34-133/h6-8,11-12,15-18,36-38,42-55,60,105-111,133-134H,9-10,13-14,19-35,79H2,1-5H3,(H2,80,112)(H,87,118)(H,88,119)(H,89,120)(H,90,122)(H,91,113)(H,92,114)(H,93,115)(H,94,117)(H,95,124)(H,96,127)(H,97,126)(H,98,123)(H,99,116)(H,100,129)(H,101,121)(H,102,130)(H,103,128)(H,104,125)(H,131,132)(H4,81,82,85)(H4,83,84,86)/t38-,42-,43-,44-,45-,46-,47-,48-,49-,50-,51-,52-,53-,54-,55-,60-/m0/s1. The summed E-state index contributed by atoms with van der Waals surface area (Å²) in [6.07, 6.45) is -2.29. The number of aliphatic carboxylic acids is 1. The van der Waals surface area contributed by atoms with Crippen LogP contribution in [0.2, 0.25) is 0 Å². The first-order chi connectivity index (χ1) is 63.2. The lowest BCUT2D eigenvalue weighted by molar-refractivity contribution is -0.143. The number of nitrogens with one attached hydrogen (secondary N) is 22. The summed E-state index contributed by atoms with van der Waals surface area (Å²) in [5.41, 5.74) is 22.6. The van der Waals surface area contributed by atoms with Gasteiger partial charge in [-0.2, -0.15) is 25.3 Å². The van der Waals surface area contributed by atoms with Crippen molar-refractivity contribution in [3.8, 4) is 5.75 Å². The van der Waals surface area contributed by atoms with Gasteiger partial charge in [-0.25, -0.2) is 4.79 Å². The van der Waals surface area contributed by atoms with Crippen LogP contribution in [-0.4, -0.2) is 352 Å². The molecule has 54 nitrogen and oxygen atoms in total. The zero-order chi connectivity index (χ0) is 101. The fourth-order valence-corrected chi connectivity index (χ4v) is 12.2. The van der Waals surface area contributed by atoms with Crippen LogP contribution in [-0.2, 0) is 109 Å². The predicted molar refractivity (Wildman–Crippen MR) is 478 cm³/mol. The number of carbonyl (C=O) groups excluding carboxylic acids is 19. The Morgan fingerprint density at radius 1 is 0.351 bits per heavy atom. The minimum Gasteiger partial charge on any atom is -0.508 e. The van der Waals surface area contributed by atoms with E-state index in [-0.39, 0.29) is 79.9 Å². The van der Waals surface area contributed by atoms with Gasteiger partial charge in [0.15, 0.2) is 11.9 Å². The lowest BCUT2D eigenvalue weighted by Gasteiger charge is -2.27. The van der Waals surface area contributed by atoms with Gasteiger partial charge < -0.3 is 170 Å². The number of rotatable bonds is 62. The number of phenolic OH excluding ortho intramolecular Hbond substituents is 1. The maximum absolute atomic E-state index is 14.4. The molecule has 16 atom stereocenters.